The Bertz CT molecular complexity index is 349. The van der Waals surface area contributed by atoms with Crippen molar-refractivity contribution in [2.24, 2.45) is 0 Å². The predicted molar refractivity (Wildman–Crippen MR) is 68.4 cm³/mol. The summed E-state index contributed by atoms with van der Waals surface area (Å²) in [7, 11) is 1.73. The SMILES string of the molecule is CCCCCC1CNc2ccc(OC)cc21. The molecule has 1 atom stereocenters. The summed E-state index contributed by atoms with van der Waals surface area (Å²) in [6, 6.07) is 6.35. The van der Waals surface area contributed by atoms with Crippen LogP contribution in [0.5, 0.6) is 5.75 Å². The summed E-state index contributed by atoms with van der Waals surface area (Å²) >= 11 is 0. The summed E-state index contributed by atoms with van der Waals surface area (Å²) in [5, 5.41) is 3.47. The molecule has 1 heterocycles. The molecule has 0 saturated carbocycles. The van der Waals surface area contributed by atoms with Gasteiger partial charge in [0, 0.05) is 18.2 Å². The summed E-state index contributed by atoms with van der Waals surface area (Å²) in [6.45, 7) is 3.34. The molecule has 1 unspecified atom stereocenters. The van der Waals surface area contributed by atoms with Crippen molar-refractivity contribution in [3.8, 4) is 5.75 Å². The lowest BCUT2D eigenvalue weighted by atomic mass is 9.95. The molecule has 1 aromatic rings. The molecule has 0 spiro atoms. The highest BCUT2D eigenvalue weighted by atomic mass is 16.5. The zero-order chi connectivity index (χ0) is 11.4. The minimum Gasteiger partial charge on any atom is -0.497 e. The summed E-state index contributed by atoms with van der Waals surface area (Å²) in [6.07, 6.45) is 5.27. The standard InChI is InChI=1S/C14H21NO/c1-3-4-5-6-11-10-15-14-8-7-12(16-2)9-13(11)14/h7-9,11,15H,3-6,10H2,1-2H3. The zero-order valence-corrected chi connectivity index (χ0v) is 10.3. The van der Waals surface area contributed by atoms with Gasteiger partial charge in [-0.15, -0.1) is 0 Å². The topological polar surface area (TPSA) is 21.3 Å². The van der Waals surface area contributed by atoms with Crippen LogP contribution in [0.15, 0.2) is 18.2 Å². The first-order chi connectivity index (χ1) is 7.85. The fourth-order valence-electron chi connectivity index (χ4n) is 2.41. The molecule has 0 radical (unpaired) electrons. The average Bonchev–Trinajstić information content (AvgIpc) is 2.72. The van der Waals surface area contributed by atoms with Gasteiger partial charge in [-0.25, -0.2) is 0 Å². The van der Waals surface area contributed by atoms with Crippen LogP contribution in [0.25, 0.3) is 0 Å². The summed E-state index contributed by atoms with van der Waals surface area (Å²) in [5.41, 5.74) is 2.73. The monoisotopic (exact) mass is 219 g/mol. The van der Waals surface area contributed by atoms with Gasteiger partial charge in [0.15, 0.2) is 0 Å². The molecule has 2 heteroatoms. The molecule has 0 saturated heterocycles. The normalized spacial score (nSPS) is 18.0. The average molecular weight is 219 g/mol. The van der Waals surface area contributed by atoms with Crippen LogP contribution < -0.4 is 10.1 Å². The predicted octanol–water partition coefficient (Wildman–Crippen LogP) is 3.78. The first-order valence-corrected chi connectivity index (χ1v) is 6.27. The van der Waals surface area contributed by atoms with Gasteiger partial charge in [0.05, 0.1) is 7.11 Å². The van der Waals surface area contributed by atoms with Gasteiger partial charge in [-0.1, -0.05) is 26.2 Å². The third kappa shape index (κ3) is 2.31. The quantitative estimate of drug-likeness (QED) is 0.761. The van der Waals surface area contributed by atoms with E-state index in [1.807, 2.05) is 6.07 Å². The molecule has 1 aliphatic rings. The number of nitrogens with one attached hydrogen (secondary N) is 1. The van der Waals surface area contributed by atoms with E-state index in [2.05, 4.69) is 24.4 Å². The Hall–Kier alpha value is -1.18. The van der Waals surface area contributed by atoms with Crippen molar-refractivity contribution in [2.75, 3.05) is 19.0 Å². The van der Waals surface area contributed by atoms with E-state index in [0.717, 1.165) is 12.3 Å². The molecule has 0 bridgehead atoms. The van der Waals surface area contributed by atoms with Crippen molar-refractivity contribution in [3.63, 3.8) is 0 Å². The van der Waals surface area contributed by atoms with Gasteiger partial charge in [0.25, 0.3) is 0 Å². The smallest absolute Gasteiger partial charge is 0.119 e. The van der Waals surface area contributed by atoms with Gasteiger partial charge in [-0.2, -0.15) is 0 Å². The molecular formula is C14H21NO. The molecule has 1 aliphatic heterocycles. The van der Waals surface area contributed by atoms with E-state index < -0.39 is 0 Å². The lowest BCUT2D eigenvalue weighted by molar-refractivity contribution is 0.414. The number of unbranched alkanes of at least 4 members (excludes halogenated alkanes) is 2. The molecule has 2 rings (SSSR count). The Kier molecular flexibility index (Phi) is 3.70. The van der Waals surface area contributed by atoms with Crippen LogP contribution in [0.3, 0.4) is 0 Å². The second-order valence-electron chi connectivity index (χ2n) is 4.53. The highest BCUT2D eigenvalue weighted by Crippen LogP contribution is 2.36. The Morgan fingerprint density at radius 3 is 3.00 bits per heavy atom. The van der Waals surface area contributed by atoms with Crippen LogP contribution >= 0.6 is 0 Å². The minimum absolute atomic E-state index is 0.677. The van der Waals surface area contributed by atoms with Crippen LogP contribution in [0.4, 0.5) is 5.69 Å². The van der Waals surface area contributed by atoms with Gasteiger partial charge in [0.1, 0.15) is 5.75 Å². The van der Waals surface area contributed by atoms with E-state index in [-0.39, 0.29) is 0 Å². The molecule has 0 amide bonds. The van der Waals surface area contributed by atoms with Crippen LogP contribution in [0, 0.1) is 0 Å². The summed E-state index contributed by atoms with van der Waals surface area (Å²) in [4.78, 5) is 0. The van der Waals surface area contributed by atoms with Crippen molar-refractivity contribution < 1.29 is 4.74 Å². The molecular weight excluding hydrogens is 198 g/mol. The number of ether oxygens (including phenoxy) is 1. The number of hydrogen-bond donors (Lipinski definition) is 1. The first-order valence-electron chi connectivity index (χ1n) is 6.27. The maximum absolute atomic E-state index is 5.29. The third-order valence-corrected chi connectivity index (χ3v) is 3.39. The maximum atomic E-state index is 5.29. The Morgan fingerprint density at radius 1 is 1.38 bits per heavy atom. The Labute approximate surface area is 98.0 Å². The highest BCUT2D eigenvalue weighted by molar-refractivity contribution is 5.60. The van der Waals surface area contributed by atoms with Gasteiger partial charge in [0.2, 0.25) is 0 Å². The highest BCUT2D eigenvalue weighted by Gasteiger charge is 2.21. The second kappa shape index (κ2) is 5.24. The second-order valence-corrected chi connectivity index (χ2v) is 4.53. The molecule has 2 nitrogen and oxygen atoms in total. The van der Waals surface area contributed by atoms with E-state index in [1.165, 1.54) is 36.9 Å². The summed E-state index contributed by atoms with van der Waals surface area (Å²) in [5.74, 6) is 1.65. The fraction of sp³-hybridized carbons (Fsp3) is 0.571. The molecule has 0 aliphatic carbocycles. The molecule has 0 fully saturated rings. The van der Waals surface area contributed by atoms with E-state index >= 15 is 0 Å². The van der Waals surface area contributed by atoms with Crippen LogP contribution in [-0.4, -0.2) is 13.7 Å². The van der Waals surface area contributed by atoms with Crippen molar-refractivity contribution >= 4 is 5.69 Å². The lowest BCUT2D eigenvalue weighted by Crippen LogP contribution is -2.01. The van der Waals surface area contributed by atoms with Crippen LogP contribution in [-0.2, 0) is 0 Å². The number of hydrogen-bond acceptors (Lipinski definition) is 2. The minimum atomic E-state index is 0.677. The molecule has 88 valence electrons. The largest absolute Gasteiger partial charge is 0.497 e. The van der Waals surface area contributed by atoms with Crippen molar-refractivity contribution in [2.45, 2.75) is 38.5 Å². The number of rotatable bonds is 5. The van der Waals surface area contributed by atoms with Gasteiger partial charge < -0.3 is 10.1 Å². The van der Waals surface area contributed by atoms with Crippen molar-refractivity contribution in [3.05, 3.63) is 23.8 Å². The van der Waals surface area contributed by atoms with Crippen molar-refractivity contribution in [1.29, 1.82) is 0 Å². The maximum Gasteiger partial charge on any atom is 0.119 e. The van der Waals surface area contributed by atoms with E-state index in [4.69, 9.17) is 4.74 Å². The Balaban J connectivity index is 2.05. The molecule has 0 aromatic heterocycles. The van der Waals surface area contributed by atoms with Gasteiger partial charge in [-0.3, -0.25) is 0 Å². The van der Waals surface area contributed by atoms with Crippen LogP contribution in [0.1, 0.15) is 44.1 Å². The molecule has 1 N–H and O–H groups in total. The van der Waals surface area contributed by atoms with Gasteiger partial charge >= 0.3 is 0 Å². The molecule has 1 aromatic carbocycles. The van der Waals surface area contributed by atoms with Crippen LogP contribution in [0.2, 0.25) is 0 Å². The van der Waals surface area contributed by atoms with E-state index in [0.29, 0.717) is 5.92 Å². The number of fused-ring (bicyclic) bond motifs is 1. The van der Waals surface area contributed by atoms with Gasteiger partial charge in [-0.05, 0) is 30.2 Å². The lowest BCUT2D eigenvalue weighted by Gasteiger charge is -2.10. The number of anilines is 1. The first kappa shape index (κ1) is 11.3. The molecule has 16 heavy (non-hydrogen) atoms. The summed E-state index contributed by atoms with van der Waals surface area (Å²) < 4.78 is 5.29. The zero-order valence-electron chi connectivity index (χ0n) is 10.3. The third-order valence-electron chi connectivity index (χ3n) is 3.39. The van der Waals surface area contributed by atoms with Crippen molar-refractivity contribution in [1.82, 2.24) is 0 Å². The fourth-order valence-corrected chi connectivity index (χ4v) is 2.41. The Morgan fingerprint density at radius 2 is 2.25 bits per heavy atom. The van der Waals surface area contributed by atoms with E-state index in [1.54, 1.807) is 7.11 Å². The number of benzene rings is 1. The van der Waals surface area contributed by atoms with E-state index in [9.17, 15) is 0 Å². The number of methoxy groups -OCH3 is 1.